The van der Waals surface area contributed by atoms with E-state index in [4.69, 9.17) is 4.74 Å². The van der Waals surface area contributed by atoms with Crippen molar-refractivity contribution in [2.24, 2.45) is 4.99 Å². The summed E-state index contributed by atoms with van der Waals surface area (Å²) in [7, 11) is 1.61. The van der Waals surface area contributed by atoms with Crippen molar-refractivity contribution < 1.29 is 14.3 Å². The minimum absolute atomic E-state index is 0.0843. The van der Waals surface area contributed by atoms with Gasteiger partial charge in [0.2, 0.25) is 11.8 Å². The number of para-hydroxylation sites is 1. The number of rotatable bonds is 7. The number of hydrogen-bond acceptors (Lipinski definition) is 6. The SMILES string of the molecule is COc1ccc(N=C2S[C@@H](CC(=O)Nc3ccccc3)C(=O)N2Cc2cccs2)cc1. The van der Waals surface area contributed by atoms with Crippen molar-refractivity contribution in [2.75, 3.05) is 12.4 Å². The Kier molecular flexibility index (Phi) is 6.69. The van der Waals surface area contributed by atoms with Crippen LogP contribution in [0, 0.1) is 0 Å². The molecule has 1 atom stereocenters. The lowest BCUT2D eigenvalue weighted by atomic mass is 10.2. The fourth-order valence-corrected chi connectivity index (χ4v) is 4.95. The fourth-order valence-electron chi connectivity index (χ4n) is 3.10. The molecule has 0 saturated carbocycles. The molecule has 0 unspecified atom stereocenters. The molecule has 8 heteroatoms. The highest BCUT2D eigenvalue weighted by Gasteiger charge is 2.39. The second-order valence-corrected chi connectivity index (χ2v) is 9.02. The van der Waals surface area contributed by atoms with Crippen molar-refractivity contribution >= 4 is 51.5 Å². The van der Waals surface area contributed by atoms with E-state index in [1.54, 1.807) is 23.3 Å². The van der Waals surface area contributed by atoms with Crippen LogP contribution in [-0.4, -0.2) is 34.2 Å². The van der Waals surface area contributed by atoms with Gasteiger partial charge in [-0.25, -0.2) is 4.99 Å². The third-order valence-corrected chi connectivity index (χ3v) is 6.68. The normalized spacial score (nSPS) is 17.2. The summed E-state index contributed by atoms with van der Waals surface area (Å²) in [6.07, 6.45) is 0.0843. The van der Waals surface area contributed by atoms with Crippen molar-refractivity contribution in [3.63, 3.8) is 0 Å². The van der Waals surface area contributed by atoms with Crippen LogP contribution in [0.1, 0.15) is 11.3 Å². The molecule has 1 N–H and O–H groups in total. The Hall–Kier alpha value is -3.10. The largest absolute Gasteiger partial charge is 0.497 e. The van der Waals surface area contributed by atoms with Crippen LogP contribution in [0.2, 0.25) is 0 Å². The minimum Gasteiger partial charge on any atom is -0.497 e. The summed E-state index contributed by atoms with van der Waals surface area (Å²) in [5.41, 5.74) is 1.44. The molecule has 4 rings (SSSR count). The highest BCUT2D eigenvalue weighted by molar-refractivity contribution is 8.15. The number of carbonyl (C=O) groups excluding carboxylic acids is 2. The molecule has 31 heavy (non-hydrogen) atoms. The van der Waals surface area contributed by atoms with Gasteiger partial charge in [0.15, 0.2) is 5.17 Å². The zero-order chi connectivity index (χ0) is 21.6. The van der Waals surface area contributed by atoms with Gasteiger partial charge in [0.1, 0.15) is 11.0 Å². The van der Waals surface area contributed by atoms with E-state index in [0.717, 1.165) is 16.3 Å². The summed E-state index contributed by atoms with van der Waals surface area (Å²) >= 11 is 2.92. The van der Waals surface area contributed by atoms with Gasteiger partial charge in [0.25, 0.3) is 0 Å². The van der Waals surface area contributed by atoms with Gasteiger partial charge in [-0.15, -0.1) is 11.3 Å². The molecule has 1 aromatic heterocycles. The van der Waals surface area contributed by atoms with Crippen LogP contribution in [0.25, 0.3) is 0 Å². The molecule has 1 aliphatic rings. The Labute approximate surface area is 188 Å². The lowest BCUT2D eigenvalue weighted by Crippen LogP contribution is -2.32. The van der Waals surface area contributed by atoms with E-state index in [9.17, 15) is 9.59 Å². The maximum Gasteiger partial charge on any atom is 0.243 e. The number of amides is 2. The molecular weight excluding hydrogens is 430 g/mol. The fraction of sp³-hybridized carbons (Fsp3) is 0.174. The van der Waals surface area contributed by atoms with Gasteiger partial charge in [0, 0.05) is 17.0 Å². The summed E-state index contributed by atoms with van der Waals surface area (Å²) in [6.45, 7) is 0.440. The Morgan fingerprint density at radius 3 is 2.55 bits per heavy atom. The molecule has 0 bridgehead atoms. The number of thioether (sulfide) groups is 1. The number of hydrogen-bond donors (Lipinski definition) is 1. The van der Waals surface area contributed by atoms with Gasteiger partial charge in [-0.2, -0.15) is 0 Å². The van der Waals surface area contributed by atoms with E-state index in [0.29, 0.717) is 17.4 Å². The van der Waals surface area contributed by atoms with Crippen LogP contribution in [0.15, 0.2) is 77.1 Å². The molecule has 1 fully saturated rings. The average Bonchev–Trinajstić information content (AvgIpc) is 3.39. The Morgan fingerprint density at radius 2 is 1.87 bits per heavy atom. The first-order valence-electron chi connectivity index (χ1n) is 9.70. The zero-order valence-electron chi connectivity index (χ0n) is 16.9. The topological polar surface area (TPSA) is 71.0 Å². The summed E-state index contributed by atoms with van der Waals surface area (Å²) in [4.78, 5) is 33.1. The van der Waals surface area contributed by atoms with E-state index in [-0.39, 0.29) is 18.2 Å². The van der Waals surface area contributed by atoms with Crippen molar-refractivity contribution in [1.29, 1.82) is 0 Å². The number of aliphatic imine (C=N–C) groups is 1. The number of amidine groups is 1. The van der Waals surface area contributed by atoms with Gasteiger partial charge in [-0.1, -0.05) is 36.0 Å². The number of ether oxygens (including phenoxy) is 1. The predicted molar refractivity (Wildman–Crippen MR) is 126 cm³/mol. The predicted octanol–water partition coefficient (Wildman–Crippen LogP) is 4.92. The third-order valence-electron chi connectivity index (χ3n) is 4.64. The molecule has 0 spiro atoms. The van der Waals surface area contributed by atoms with Crippen LogP contribution in [0.4, 0.5) is 11.4 Å². The van der Waals surface area contributed by atoms with Crippen molar-refractivity contribution in [2.45, 2.75) is 18.2 Å². The highest BCUT2D eigenvalue weighted by atomic mass is 32.2. The summed E-state index contributed by atoms with van der Waals surface area (Å²) < 4.78 is 5.20. The van der Waals surface area contributed by atoms with Crippen LogP contribution < -0.4 is 10.1 Å². The van der Waals surface area contributed by atoms with E-state index in [1.165, 1.54) is 11.8 Å². The molecule has 1 saturated heterocycles. The molecule has 6 nitrogen and oxygen atoms in total. The first kappa shape index (κ1) is 21.1. The number of nitrogens with one attached hydrogen (secondary N) is 1. The van der Waals surface area contributed by atoms with Crippen molar-refractivity contribution in [3.8, 4) is 5.75 Å². The molecule has 158 valence electrons. The average molecular weight is 452 g/mol. The number of carbonyl (C=O) groups is 2. The van der Waals surface area contributed by atoms with Crippen molar-refractivity contribution in [3.05, 3.63) is 77.0 Å². The Balaban J connectivity index is 1.53. The summed E-state index contributed by atoms with van der Waals surface area (Å²) in [5, 5.41) is 4.92. The molecule has 2 aromatic carbocycles. The highest BCUT2D eigenvalue weighted by Crippen LogP contribution is 2.34. The van der Waals surface area contributed by atoms with Gasteiger partial charge < -0.3 is 10.1 Å². The number of benzene rings is 2. The van der Waals surface area contributed by atoms with E-state index < -0.39 is 5.25 Å². The first-order valence-corrected chi connectivity index (χ1v) is 11.5. The molecule has 0 radical (unpaired) electrons. The maximum atomic E-state index is 13.1. The maximum absolute atomic E-state index is 13.1. The van der Waals surface area contributed by atoms with E-state index >= 15 is 0 Å². The van der Waals surface area contributed by atoms with Crippen LogP contribution in [0.3, 0.4) is 0 Å². The number of methoxy groups -OCH3 is 1. The monoisotopic (exact) mass is 451 g/mol. The zero-order valence-corrected chi connectivity index (χ0v) is 18.5. The number of thiophene rings is 1. The molecular formula is C23H21N3O3S2. The quantitative estimate of drug-likeness (QED) is 0.554. The van der Waals surface area contributed by atoms with Gasteiger partial charge >= 0.3 is 0 Å². The van der Waals surface area contributed by atoms with Crippen LogP contribution >= 0.6 is 23.1 Å². The molecule has 3 aromatic rings. The smallest absolute Gasteiger partial charge is 0.243 e. The standard InChI is InChI=1S/C23H21N3O3S2/c1-29-18-11-9-17(10-12-18)25-23-26(15-19-8-5-13-30-19)22(28)20(31-23)14-21(27)24-16-6-3-2-4-7-16/h2-13,20H,14-15H2,1H3,(H,24,27)/t20-/m0/s1. The first-order chi connectivity index (χ1) is 15.1. The summed E-state index contributed by atoms with van der Waals surface area (Å²) in [6, 6.07) is 20.5. The Bertz CT molecular complexity index is 1070. The number of nitrogens with zero attached hydrogens (tertiary/aromatic N) is 2. The molecule has 2 heterocycles. The second kappa shape index (κ2) is 9.80. The third kappa shape index (κ3) is 5.34. The number of anilines is 1. The van der Waals surface area contributed by atoms with Crippen molar-refractivity contribution in [1.82, 2.24) is 4.90 Å². The summed E-state index contributed by atoms with van der Waals surface area (Å²) in [5.74, 6) is 0.442. The minimum atomic E-state index is -0.513. The van der Waals surface area contributed by atoms with E-state index in [2.05, 4.69) is 10.3 Å². The lowest BCUT2D eigenvalue weighted by Gasteiger charge is -2.15. The van der Waals surface area contributed by atoms with Gasteiger partial charge in [-0.3, -0.25) is 14.5 Å². The Morgan fingerprint density at radius 1 is 1.10 bits per heavy atom. The van der Waals surface area contributed by atoms with Crippen LogP contribution in [-0.2, 0) is 16.1 Å². The second-order valence-electron chi connectivity index (χ2n) is 6.82. The van der Waals surface area contributed by atoms with Gasteiger partial charge in [0.05, 0.1) is 19.3 Å². The lowest BCUT2D eigenvalue weighted by molar-refractivity contribution is -0.128. The van der Waals surface area contributed by atoms with Crippen LogP contribution in [0.5, 0.6) is 5.75 Å². The molecule has 1 aliphatic heterocycles. The molecule has 0 aliphatic carbocycles. The molecule has 2 amide bonds. The van der Waals surface area contributed by atoms with E-state index in [1.807, 2.05) is 72.1 Å². The van der Waals surface area contributed by atoms with Gasteiger partial charge in [-0.05, 0) is 47.8 Å².